The molecule has 1 aromatic carbocycles. The lowest BCUT2D eigenvalue weighted by Gasteiger charge is -2.13. The molecule has 0 aliphatic heterocycles. The molecule has 0 amide bonds. The molecule has 9 heteroatoms. The molecule has 0 saturated carbocycles. The smallest absolute Gasteiger partial charge is 0.422 e. The number of halogens is 3. The molecule has 0 fully saturated rings. The number of hydrogen-bond acceptors (Lipinski definition) is 4. The molecule has 0 aliphatic rings. The minimum absolute atomic E-state index is 0.179. The highest BCUT2D eigenvalue weighted by Gasteiger charge is 2.28. The van der Waals surface area contributed by atoms with Crippen LogP contribution in [-0.4, -0.2) is 38.9 Å². The van der Waals surface area contributed by atoms with Crippen molar-refractivity contribution in [1.82, 2.24) is 10.6 Å². The molecule has 0 atom stereocenters. The molecule has 1 heterocycles. The molecule has 6 nitrogen and oxygen atoms in total. The van der Waals surface area contributed by atoms with E-state index in [0.29, 0.717) is 32.3 Å². The van der Waals surface area contributed by atoms with Gasteiger partial charge in [-0.05, 0) is 36.2 Å². The zero-order valence-corrected chi connectivity index (χ0v) is 15.6. The Bertz CT molecular complexity index is 701. The Morgan fingerprint density at radius 1 is 1.14 bits per heavy atom. The first-order chi connectivity index (χ1) is 13.5. The Balaban J connectivity index is 1.60. The van der Waals surface area contributed by atoms with Gasteiger partial charge in [0.25, 0.3) is 0 Å². The van der Waals surface area contributed by atoms with Gasteiger partial charge >= 0.3 is 6.18 Å². The lowest BCUT2D eigenvalue weighted by Crippen LogP contribution is -2.37. The summed E-state index contributed by atoms with van der Waals surface area (Å²) in [5.74, 6) is 1.60. The van der Waals surface area contributed by atoms with Gasteiger partial charge in [0, 0.05) is 26.7 Å². The van der Waals surface area contributed by atoms with Crippen LogP contribution in [0.3, 0.4) is 0 Å². The molecule has 154 valence electrons. The fourth-order valence-corrected chi connectivity index (χ4v) is 2.22. The topological polar surface area (TPSA) is 68.0 Å². The van der Waals surface area contributed by atoms with Crippen LogP contribution in [-0.2, 0) is 17.9 Å². The fraction of sp³-hybridized carbons (Fsp3) is 0.421. The first-order valence-corrected chi connectivity index (χ1v) is 8.79. The number of nitrogens with one attached hydrogen (secondary N) is 2. The largest absolute Gasteiger partial charge is 0.484 e. The van der Waals surface area contributed by atoms with Crippen molar-refractivity contribution < 1.29 is 27.1 Å². The van der Waals surface area contributed by atoms with Gasteiger partial charge in [0.1, 0.15) is 18.1 Å². The van der Waals surface area contributed by atoms with Crippen LogP contribution < -0.4 is 15.4 Å². The summed E-state index contributed by atoms with van der Waals surface area (Å²) in [4.78, 5) is 4.12. The van der Waals surface area contributed by atoms with Crippen LogP contribution >= 0.6 is 0 Å². The normalized spacial score (nSPS) is 12.1. The molecule has 0 bridgehead atoms. The molecular weight excluding hydrogens is 375 g/mol. The van der Waals surface area contributed by atoms with Crippen molar-refractivity contribution in [2.45, 2.75) is 25.7 Å². The summed E-state index contributed by atoms with van der Waals surface area (Å²) in [5.41, 5.74) is 0.893. The van der Waals surface area contributed by atoms with Crippen molar-refractivity contribution in [3.63, 3.8) is 0 Å². The molecule has 0 unspecified atom stereocenters. The Labute approximate surface area is 161 Å². The van der Waals surface area contributed by atoms with E-state index in [4.69, 9.17) is 9.15 Å². The molecular formula is C19H24F3N3O3. The molecule has 2 aromatic rings. The molecule has 1 aromatic heterocycles. The maximum absolute atomic E-state index is 12.1. The number of alkyl halides is 3. The van der Waals surface area contributed by atoms with E-state index < -0.39 is 12.8 Å². The zero-order valence-electron chi connectivity index (χ0n) is 15.6. The first-order valence-electron chi connectivity index (χ1n) is 8.79. The van der Waals surface area contributed by atoms with Crippen LogP contribution in [0.2, 0.25) is 0 Å². The summed E-state index contributed by atoms with van der Waals surface area (Å²) in [7, 11) is 1.66. The van der Waals surface area contributed by atoms with Gasteiger partial charge < -0.3 is 24.5 Å². The van der Waals surface area contributed by atoms with E-state index in [1.54, 1.807) is 25.4 Å². The maximum atomic E-state index is 12.1. The Hall–Kier alpha value is -2.68. The standard InChI is InChI=1S/C19H24F3N3O3/c1-23-18(24-9-3-10-26-13-17-4-2-11-27-17)25-12-15-5-7-16(8-6-15)28-14-19(20,21)22/h2,4-8,11H,3,9-10,12-14H2,1H3,(H2,23,24,25). The molecule has 2 N–H and O–H groups in total. The average Bonchev–Trinajstić information content (AvgIpc) is 3.19. The lowest BCUT2D eigenvalue weighted by molar-refractivity contribution is -0.153. The summed E-state index contributed by atoms with van der Waals surface area (Å²) in [6.07, 6.45) is -1.94. The van der Waals surface area contributed by atoms with Gasteiger partial charge in [-0.2, -0.15) is 13.2 Å². The predicted octanol–water partition coefficient (Wildman–Crippen LogP) is 3.49. The van der Waals surface area contributed by atoms with E-state index in [1.165, 1.54) is 12.1 Å². The number of nitrogens with zero attached hydrogens (tertiary/aromatic N) is 1. The lowest BCUT2D eigenvalue weighted by atomic mass is 10.2. The predicted molar refractivity (Wildman–Crippen MR) is 99.2 cm³/mol. The summed E-state index contributed by atoms with van der Waals surface area (Å²) in [5, 5.41) is 6.30. The SMILES string of the molecule is CN=C(NCCCOCc1ccco1)NCc1ccc(OCC(F)(F)F)cc1. The van der Waals surface area contributed by atoms with Crippen molar-refractivity contribution in [3.05, 3.63) is 54.0 Å². The fourth-order valence-electron chi connectivity index (χ4n) is 2.22. The second kappa shape index (κ2) is 11.2. The highest BCUT2D eigenvalue weighted by Crippen LogP contribution is 2.18. The summed E-state index contributed by atoms with van der Waals surface area (Å²) < 4.78 is 51.8. The van der Waals surface area contributed by atoms with Crippen LogP contribution in [0.4, 0.5) is 13.2 Å². The Kier molecular flexibility index (Phi) is 8.67. The quantitative estimate of drug-likeness (QED) is 0.364. The molecule has 28 heavy (non-hydrogen) atoms. The number of hydrogen-bond donors (Lipinski definition) is 2. The van der Waals surface area contributed by atoms with Gasteiger partial charge in [0.15, 0.2) is 12.6 Å². The number of aliphatic imine (C=N–C) groups is 1. The van der Waals surface area contributed by atoms with Gasteiger partial charge in [-0.25, -0.2) is 0 Å². The van der Waals surface area contributed by atoms with Crippen molar-refractivity contribution in [2.75, 3.05) is 26.8 Å². The monoisotopic (exact) mass is 399 g/mol. The van der Waals surface area contributed by atoms with E-state index in [-0.39, 0.29) is 5.75 Å². The average molecular weight is 399 g/mol. The highest BCUT2D eigenvalue weighted by atomic mass is 19.4. The number of benzene rings is 1. The van der Waals surface area contributed by atoms with Crippen molar-refractivity contribution in [2.24, 2.45) is 4.99 Å². The van der Waals surface area contributed by atoms with Gasteiger partial charge in [-0.15, -0.1) is 0 Å². The summed E-state index contributed by atoms with van der Waals surface area (Å²) >= 11 is 0. The third-order valence-electron chi connectivity index (χ3n) is 3.59. The third-order valence-corrected chi connectivity index (χ3v) is 3.59. The van der Waals surface area contributed by atoms with Crippen molar-refractivity contribution >= 4 is 5.96 Å². The zero-order chi connectivity index (χ0) is 20.2. The number of guanidine groups is 1. The van der Waals surface area contributed by atoms with Gasteiger partial charge in [0.2, 0.25) is 0 Å². The maximum Gasteiger partial charge on any atom is 0.422 e. The van der Waals surface area contributed by atoms with E-state index in [0.717, 1.165) is 17.7 Å². The van der Waals surface area contributed by atoms with Crippen LogP contribution in [0.15, 0.2) is 52.1 Å². The van der Waals surface area contributed by atoms with Crippen molar-refractivity contribution in [3.8, 4) is 5.75 Å². The second-order valence-electron chi connectivity index (χ2n) is 5.89. The van der Waals surface area contributed by atoms with Gasteiger partial charge in [0.05, 0.1) is 6.26 Å². The van der Waals surface area contributed by atoms with E-state index >= 15 is 0 Å². The third kappa shape index (κ3) is 8.81. The highest BCUT2D eigenvalue weighted by molar-refractivity contribution is 5.79. The minimum Gasteiger partial charge on any atom is -0.484 e. The second-order valence-corrected chi connectivity index (χ2v) is 5.89. The summed E-state index contributed by atoms with van der Waals surface area (Å²) in [6.45, 7) is 0.898. The van der Waals surface area contributed by atoms with Crippen LogP contribution in [0, 0.1) is 0 Å². The molecule has 0 radical (unpaired) electrons. The number of ether oxygens (including phenoxy) is 2. The summed E-state index contributed by atoms with van der Waals surface area (Å²) in [6, 6.07) is 10.1. The van der Waals surface area contributed by atoms with Crippen LogP contribution in [0.5, 0.6) is 5.75 Å². The number of furan rings is 1. The van der Waals surface area contributed by atoms with E-state index in [9.17, 15) is 13.2 Å². The Morgan fingerprint density at radius 3 is 2.57 bits per heavy atom. The molecule has 2 rings (SSSR count). The Morgan fingerprint density at radius 2 is 1.93 bits per heavy atom. The van der Waals surface area contributed by atoms with Crippen LogP contribution in [0.25, 0.3) is 0 Å². The number of rotatable bonds is 10. The molecule has 0 spiro atoms. The first kappa shape index (κ1) is 21.6. The molecule has 0 aliphatic carbocycles. The van der Waals surface area contributed by atoms with Crippen molar-refractivity contribution in [1.29, 1.82) is 0 Å². The van der Waals surface area contributed by atoms with E-state index in [1.807, 2.05) is 12.1 Å². The van der Waals surface area contributed by atoms with E-state index in [2.05, 4.69) is 20.4 Å². The van der Waals surface area contributed by atoms with Crippen LogP contribution in [0.1, 0.15) is 17.7 Å². The minimum atomic E-state index is -4.35. The van der Waals surface area contributed by atoms with Gasteiger partial charge in [-0.1, -0.05) is 12.1 Å². The molecule has 0 saturated heterocycles. The van der Waals surface area contributed by atoms with Gasteiger partial charge in [-0.3, -0.25) is 4.99 Å².